The minimum Gasteiger partial charge on any atom is -0.508 e. The van der Waals surface area contributed by atoms with Gasteiger partial charge in [-0.25, -0.2) is 14.4 Å². The summed E-state index contributed by atoms with van der Waals surface area (Å²) in [7, 11) is 16.0. The van der Waals surface area contributed by atoms with Crippen molar-refractivity contribution in [2.45, 2.75) is 80.1 Å². The van der Waals surface area contributed by atoms with E-state index in [4.69, 9.17) is 15.0 Å². The second kappa shape index (κ2) is 30.3. The number of aromatic nitrogens is 15. The van der Waals surface area contributed by atoms with E-state index in [1.165, 1.54) is 44.6 Å². The molecule has 109 heavy (non-hydrogen) atoms. The van der Waals surface area contributed by atoms with Crippen LogP contribution < -0.4 is 33.7 Å². The average molecular weight is 1480 g/mol. The van der Waals surface area contributed by atoms with Crippen molar-refractivity contribution in [3.8, 4) is 68.1 Å². The number of nitrogens with zero attached hydrogens (tertiary/aromatic N) is 17. The lowest BCUT2D eigenvalue weighted by Crippen LogP contribution is -2.37. The van der Waals surface area contributed by atoms with Crippen molar-refractivity contribution in [3.63, 3.8) is 0 Å². The Morgan fingerprint density at radius 3 is 0.780 bits per heavy atom. The van der Waals surface area contributed by atoms with Crippen molar-refractivity contribution in [2.24, 2.45) is 42.3 Å². The summed E-state index contributed by atoms with van der Waals surface area (Å²) in [6.07, 6.45) is 7.15. The molecule has 0 atom stereocenters. The van der Waals surface area contributed by atoms with Gasteiger partial charge in [0, 0.05) is 106 Å². The Morgan fingerprint density at radius 2 is 0.578 bits per heavy atom. The quantitative estimate of drug-likeness (QED) is 0.102. The molecule has 28 nitrogen and oxygen atoms in total. The Kier molecular flexibility index (Phi) is 21.4. The molecule has 6 aromatic carbocycles. The van der Waals surface area contributed by atoms with Crippen molar-refractivity contribution in [1.29, 1.82) is 0 Å². The number of fused-ring (bicyclic) bond motifs is 9. The highest BCUT2D eigenvalue weighted by atomic mass is 16.3. The number of hydrogen-bond acceptors (Lipinski definition) is 14. The van der Waals surface area contributed by atoms with E-state index < -0.39 is 33.7 Å². The fourth-order valence-electron chi connectivity index (χ4n) is 13.3. The number of phenolic OH excluding ortho intramolecular Hbond substituents is 3. The molecule has 28 heteroatoms. The van der Waals surface area contributed by atoms with Crippen molar-refractivity contribution in [3.05, 3.63) is 242 Å². The topological polar surface area (TPSA) is 300 Å². The number of phenols is 3. The van der Waals surface area contributed by atoms with E-state index in [1.807, 2.05) is 204 Å². The van der Waals surface area contributed by atoms with Crippen LogP contribution in [0, 0.1) is 20.8 Å². The lowest BCUT2D eigenvalue weighted by Gasteiger charge is -2.16. The third kappa shape index (κ3) is 13.8. The minimum absolute atomic E-state index is 0.114. The Balaban J connectivity index is 0.000000152. The molecule has 0 radical (unpaired) electrons. The molecule has 0 aliphatic carbocycles. The van der Waals surface area contributed by atoms with Crippen LogP contribution in [-0.2, 0) is 51.9 Å². The smallest absolute Gasteiger partial charge is 0.332 e. The van der Waals surface area contributed by atoms with Gasteiger partial charge in [-0.3, -0.25) is 78.3 Å². The van der Waals surface area contributed by atoms with Gasteiger partial charge in [-0.2, -0.15) is 15.0 Å². The first-order valence-corrected chi connectivity index (χ1v) is 35.2. The molecule has 0 saturated carbocycles. The number of benzene rings is 6. The maximum atomic E-state index is 13.1. The molecule has 3 N–H and O–H groups in total. The monoisotopic (exact) mass is 1480 g/mol. The third-order valence-corrected chi connectivity index (χ3v) is 19.2. The zero-order chi connectivity index (χ0) is 79.4. The number of hydrogen-bond donors (Lipinski definition) is 3. The Hall–Kier alpha value is -13.3. The van der Waals surface area contributed by atoms with Crippen molar-refractivity contribution in [2.75, 3.05) is 28.2 Å². The van der Waals surface area contributed by atoms with E-state index in [1.54, 1.807) is 80.7 Å². The van der Waals surface area contributed by atoms with Gasteiger partial charge in [-0.1, -0.05) is 133 Å². The molecule has 0 aliphatic rings. The first-order valence-electron chi connectivity index (χ1n) is 35.2. The minimum atomic E-state index is -0.425. The average Bonchev–Trinajstić information content (AvgIpc) is 1.57. The molecule has 9 heterocycles. The molecule has 15 aromatic rings. The van der Waals surface area contributed by atoms with Crippen LogP contribution in [0.4, 0.5) is 0 Å². The SMILES string of the molecule is CN(C)C=O.CN(C)C=O.Cc1cc(O)c(C(C)C)cc1-n1c(-c2ccccc2)cn2c3c(=O)n(C)c(=O)n(C)c3nc12.Cc1cc(O)c(C(C)C)cc1-n1c(-c2ccccc2)cn2c3c(=O)n(C)c(=O)n(C)c3nc12.Cc1cc(O)c(C(C)C)cc1-n1c(-c2ccccc2)cn2c3c(=O)n(C)c(=O)n(C)c3nc12. The van der Waals surface area contributed by atoms with Gasteiger partial charge in [-0.05, 0) is 108 Å². The maximum absolute atomic E-state index is 13.1. The summed E-state index contributed by atoms with van der Waals surface area (Å²) in [6, 6.07) is 40.8. The zero-order valence-corrected chi connectivity index (χ0v) is 64.5. The van der Waals surface area contributed by atoms with Gasteiger partial charge in [0.2, 0.25) is 30.2 Å². The Labute approximate surface area is 625 Å². The second-order valence-electron chi connectivity index (χ2n) is 28.3. The largest absolute Gasteiger partial charge is 0.508 e. The Morgan fingerprint density at radius 1 is 0.358 bits per heavy atom. The number of aromatic hydroxyl groups is 3. The molecule has 15 rings (SSSR count). The summed E-state index contributed by atoms with van der Waals surface area (Å²) >= 11 is 0. The first-order chi connectivity index (χ1) is 51.6. The first kappa shape index (κ1) is 76.8. The molecule has 9 aromatic heterocycles. The van der Waals surface area contributed by atoms with Crippen molar-refractivity contribution in [1.82, 2.24) is 79.1 Å². The summed E-state index contributed by atoms with van der Waals surface area (Å²) in [5.41, 5.74) is 12.5. The molecule has 564 valence electrons. The van der Waals surface area contributed by atoms with E-state index in [-0.39, 0.29) is 35.0 Å². The lowest BCUT2D eigenvalue weighted by atomic mass is 9.99. The van der Waals surface area contributed by atoms with Crippen LogP contribution >= 0.6 is 0 Å². The van der Waals surface area contributed by atoms with Gasteiger partial charge >= 0.3 is 17.1 Å². The van der Waals surface area contributed by atoms with Crippen molar-refractivity contribution >= 4 is 63.6 Å². The highest BCUT2D eigenvalue weighted by Crippen LogP contribution is 2.39. The predicted molar refractivity (Wildman–Crippen MR) is 425 cm³/mol. The number of carbonyl (C=O) groups is 2. The molecular formula is C81H89N17O11. The predicted octanol–water partition coefficient (Wildman–Crippen LogP) is 9.85. The van der Waals surface area contributed by atoms with E-state index >= 15 is 0 Å². The second-order valence-corrected chi connectivity index (χ2v) is 28.3. The number of carbonyl (C=O) groups excluding carboxylic acids is 2. The summed E-state index contributed by atoms with van der Waals surface area (Å²) < 4.78 is 18.7. The molecule has 0 saturated heterocycles. The van der Waals surface area contributed by atoms with E-state index in [2.05, 4.69) is 0 Å². The van der Waals surface area contributed by atoms with Crippen LogP contribution in [0.2, 0.25) is 0 Å². The summed E-state index contributed by atoms with van der Waals surface area (Å²) in [6.45, 7) is 18.0. The molecule has 0 spiro atoms. The molecule has 0 fully saturated rings. The molecular weight excluding hydrogens is 1390 g/mol. The molecule has 2 amide bonds. The molecule has 0 aliphatic heterocycles. The van der Waals surface area contributed by atoms with Crippen LogP contribution in [0.15, 0.2) is 175 Å². The maximum Gasteiger partial charge on any atom is 0.332 e. The summed E-state index contributed by atoms with van der Waals surface area (Å²) in [5.74, 6) is 2.65. The zero-order valence-electron chi connectivity index (χ0n) is 64.5. The molecule has 0 unspecified atom stereocenters. The highest BCUT2D eigenvalue weighted by molar-refractivity contribution is 5.83. The standard InChI is InChI=1S/3C25H25N5O3.2C3H7NO/c3*1-14(2)17-12-18(15(3)11-20(17)31)30-19(16-9-7-6-8-10-16)13-29-21-22(26-24(29)30)27(4)25(33)28(5)23(21)32;2*1-4(2)3-5/h3*6-14,31H,1-5H3;2*3H,1-2H3. The fourth-order valence-corrected chi connectivity index (χ4v) is 13.3. The van der Waals surface area contributed by atoms with Crippen LogP contribution in [0.5, 0.6) is 17.2 Å². The number of imidazole rings is 6. The summed E-state index contributed by atoms with van der Waals surface area (Å²) in [5, 5.41) is 31.6. The molecule has 0 bridgehead atoms. The Bertz CT molecular complexity index is 5830. The van der Waals surface area contributed by atoms with Gasteiger partial charge in [0.15, 0.2) is 33.5 Å². The van der Waals surface area contributed by atoms with Crippen LogP contribution in [0.25, 0.3) is 102 Å². The normalized spacial score (nSPS) is 11.4. The highest BCUT2D eigenvalue weighted by Gasteiger charge is 2.28. The number of rotatable bonds is 11. The van der Waals surface area contributed by atoms with Gasteiger partial charge in [-0.15, -0.1) is 0 Å². The van der Waals surface area contributed by atoms with Gasteiger partial charge < -0.3 is 25.1 Å². The number of amides is 2. The van der Waals surface area contributed by atoms with Crippen LogP contribution in [-0.4, -0.2) is 135 Å². The van der Waals surface area contributed by atoms with Crippen LogP contribution in [0.1, 0.15) is 92.7 Å². The summed E-state index contributed by atoms with van der Waals surface area (Å²) in [4.78, 5) is 113. The van der Waals surface area contributed by atoms with E-state index in [0.717, 1.165) is 111 Å². The van der Waals surface area contributed by atoms with E-state index in [9.17, 15) is 53.7 Å². The van der Waals surface area contributed by atoms with Gasteiger partial charge in [0.1, 0.15) is 17.2 Å². The van der Waals surface area contributed by atoms with Gasteiger partial charge in [0.25, 0.3) is 16.7 Å². The van der Waals surface area contributed by atoms with Crippen molar-refractivity contribution < 1.29 is 24.9 Å². The third-order valence-electron chi connectivity index (χ3n) is 19.2. The number of aryl methyl sites for hydroxylation is 6. The fraction of sp³-hybridized carbons (Fsp3) is 0.272. The lowest BCUT2D eigenvalue weighted by molar-refractivity contribution is -0.116. The van der Waals surface area contributed by atoms with E-state index in [0.29, 0.717) is 50.8 Å². The van der Waals surface area contributed by atoms with Gasteiger partial charge in [0.05, 0.1) is 34.1 Å². The van der Waals surface area contributed by atoms with Crippen LogP contribution in [0.3, 0.4) is 0 Å².